The van der Waals surface area contributed by atoms with Gasteiger partial charge in [0.25, 0.3) is 0 Å². The minimum atomic E-state index is -0.277. The van der Waals surface area contributed by atoms with Crippen LogP contribution in [0.15, 0.2) is 22.7 Å². The molecule has 1 fully saturated rings. The highest BCUT2D eigenvalue weighted by molar-refractivity contribution is 9.10. The Bertz CT molecular complexity index is 333. The first-order valence-electron chi connectivity index (χ1n) is 5.56. The Hall–Kier alpha value is -0.610. The fourth-order valence-electron chi connectivity index (χ4n) is 1.87. The molecule has 1 aromatic carbocycles. The van der Waals surface area contributed by atoms with E-state index in [-0.39, 0.29) is 5.82 Å². The van der Waals surface area contributed by atoms with Crippen LogP contribution >= 0.6 is 15.9 Å². The van der Waals surface area contributed by atoms with Crippen LogP contribution in [0.4, 0.5) is 4.39 Å². The van der Waals surface area contributed by atoms with Crippen LogP contribution < -0.4 is 10.1 Å². The van der Waals surface area contributed by atoms with Crippen molar-refractivity contribution in [3.8, 4) is 5.75 Å². The molecule has 0 spiro atoms. The average molecular weight is 288 g/mol. The second-order valence-corrected chi connectivity index (χ2v) is 4.98. The molecule has 88 valence electrons. The third kappa shape index (κ3) is 3.46. The Morgan fingerprint density at radius 2 is 2.25 bits per heavy atom. The molecule has 1 heterocycles. The lowest BCUT2D eigenvalue weighted by molar-refractivity contribution is 0.238. The number of nitrogens with one attached hydrogen (secondary N) is 1. The number of hydrogen-bond acceptors (Lipinski definition) is 2. The maximum absolute atomic E-state index is 13.1. The van der Waals surface area contributed by atoms with Crippen LogP contribution in [0.5, 0.6) is 5.75 Å². The van der Waals surface area contributed by atoms with Crippen molar-refractivity contribution >= 4 is 15.9 Å². The second-order valence-electron chi connectivity index (χ2n) is 4.06. The average Bonchev–Trinajstić information content (AvgIpc) is 2.27. The first kappa shape index (κ1) is 11.9. The highest BCUT2D eigenvalue weighted by Gasteiger charge is 2.13. The van der Waals surface area contributed by atoms with Crippen molar-refractivity contribution in [2.75, 3.05) is 13.2 Å². The van der Waals surface area contributed by atoms with Crippen LogP contribution in [-0.4, -0.2) is 19.2 Å². The van der Waals surface area contributed by atoms with Crippen LogP contribution in [0.25, 0.3) is 0 Å². The SMILES string of the molecule is Fc1cc(Br)cc(OC[C@H]2CCCCN2)c1. The van der Waals surface area contributed by atoms with Crippen molar-refractivity contribution in [3.63, 3.8) is 0 Å². The lowest BCUT2D eigenvalue weighted by atomic mass is 10.1. The summed E-state index contributed by atoms with van der Waals surface area (Å²) in [6.07, 6.45) is 3.62. The van der Waals surface area contributed by atoms with Crippen molar-refractivity contribution in [3.05, 3.63) is 28.5 Å². The molecule has 0 radical (unpaired) electrons. The zero-order chi connectivity index (χ0) is 11.4. The van der Waals surface area contributed by atoms with Crippen molar-refractivity contribution in [1.82, 2.24) is 5.32 Å². The zero-order valence-electron chi connectivity index (χ0n) is 9.01. The summed E-state index contributed by atoms with van der Waals surface area (Å²) in [6, 6.07) is 5.02. The standard InChI is InChI=1S/C12H15BrFNO/c13-9-5-10(14)7-12(6-9)16-8-11-3-1-2-4-15-11/h5-7,11,15H,1-4,8H2/t11-/m1/s1. The van der Waals surface area contributed by atoms with Gasteiger partial charge in [-0.2, -0.15) is 0 Å². The number of rotatable bonds is 3. The lowest BCUT2D eigenvalue weighted by Gasteiger charge is -2.23. The number of halogens is 2. The first-order chi connectivity index (χ1) is 7.74. The molecule has 16 heavy (non-hydrogen) atoms. The van der Waals surface area contributed by atoms with E-state index in [1.54, 1.807) is 6.07 Å². The highest BCUT2D eigenvalue weighted by Crippen LogP contribution is 2.21. The van der Waals surface area contributed by atoms with Gasteiger partial charge in [-0.05, 0) is 31.5 Å². The normalized spacial score (nSPS) is 20.8. The van der Waals surface area contributed by atoms with Crippen molar-refractivity contribution < 1.29 is 9.13 Å². The van der Waals surface area contributed by atoms with Gasteiger partial charge in [-0.1, -0.05) is 22.4 Å². The summed E-state index contributed by atoms with van der Waals surface area (Å²) in [7, 11) is 0. The van der Waals surface area contributed by atoms with Gasteiger partial charge in [0.2, 0.25) is 0 Å². The second kappa shape index (κ2) is 5.64. The van der Waals surface area contributed by atoms with Gasteiger partial charge in [0.1, 0.15) is 18.2 Å². The van der Waals surface area contributed by atoms with E-state index in [9.17, 15) is 4.39 Å². The summed E-state index contributed by atoms with van der Waals surface area (Å²) in [6.45, 7) is 1.66. The number of ether oxygens (including phenoxy) is 1. The van der Waals surface area contributed by atoms with Gasteiger partial charge in [-0.25, -0.2) is 4.39 Å². The Morgan fingerprint density at radius 1 is 1.38 bits per heavy atom. The molecule has 0 aromatic heterocycles. The summed E-state index contributed by atoms with van der Waals surface area (Å²) in [4.78, 5) is 0. The number of benzene rings is 1. The molecule has 4 heteroatoms. The molecule has 0 amide bonds. The molecule has 1 N–H and O–H groups in total. The van der Waals surface area contributed by atoms with Gasteiger partial charge in [0.15, 0.2) is 0 Å². The quantitative estimate of drug-likeness (QED) is 0.922. The van der Waals surface area contributed by atoms with E-state index in [1.807, 2.05) is 0 Å². The molecule has 2 rings (SSSR count). The van der Waals surface area contributed by atoms with Crippen molar-refractivity contribution in [2.24, 2.45) is 0 Å². The molecule has 0 bridgehead atoms. The van der Waals surface area contributed by atoms with Crippen molar-refractivity contribution in [2.45, 2.75) is 25.3 Å². The maximum Gasteiger partial charge on any atom is 0.128 e. The molecular weight excluding hydrogens is 273 g/mol. The fourth-order valence-corrected chi connectivity index (χ4v) is 2.32. The molecule has 1 aliphatic heterocycles. The summed E-state index contributed by atoms with van der Waals surface area (Å²) in [5.74, 6) is 0.306. The topological polar surface area (TPSA) is 21.3 Å². The monoisotopic (exact) mass is 287 g/mol. The fraction of sp³-hybridized carbons (Fsp3) is 0.500. The van der Waals surface area contributed by atoms with Gasteiger partial charge in [0, 0.05) is 16.6 Å². The van der Waals surface area contributed by atoms with Gasteiger partial charge in [-0.15, -0.1) is 0 Å². The highest BCUT2D eigenvalue weighted by atomic mass is 79.9. The molecular formula is C12H15BrFNO. The molecule has 1 saturated heterocycles. The van der Waals surface area contributed by atoms with Crippen LogP contribution in [0.2, 0.25) is 0 Å². The van der Waals surface area contributed by atoms with Gasteiger partial charge in [0.05, 0.1) is 0 Å². The van der Waals surface area contributed by atoms with Crippen LogP contribution in [0.3, 0.4) is 0 Å². The minimum absolute atomic E-state index is 0.277. The Morgan fingerprint density at radius 3 is 2.94 bits per heavy atom. The first-order valence-corrected chi connectivity index (χ1v) is 6.35. The zero-order valence-corrected chi connectivity index (χ0v) is 10.6. The summed E-state index contributed by atoms with van der Waals surface area (Å²) < 4.78 is 19.4. The molecule has 1 aromatic rings. The minimum Gasteiger partial charge on any atom is -0.492 e. The smallest absolute Gasteiger partial charge is 0.128 e. The number of piperidine rings is 1. The van der Waals surface area contributed by atoms with Crippen LogP contribution in [-0.2, 0) is 0 Å². The van der Waals surface area contributed by atoms with E-state index < -0.39 is 0 Å². The Balaban J connectivity index is 1.88. The van der Waals surface area contributed by atoms with Crippen LogP contribution in [0, 0.1) is 5.82 Å². The van der Waals surface area contributed by atoms with E-state index in [4.69, 9.17) is 4.74 Å². The molecule has 1 atom stereocenters. The van der Waals surface area contributed by atoms with Gasteiger partial charge < -0.3 is 10.1 Å². The Kier molecular flexibility index (Phi) is 4.18. The van der Waals surface area contributed by atoms with Gasteiger partial charge >= 0.3 is 0 Å². The lowest BCUT2D eigenvalue weighted by Crippen LogP contribution is -2.38. The predicted molar refractivity (Wildman–Crippen MR) is 65.2 cm³/mol. The molecule has 0 aliphatic carbocycles. The number of hydrogen-bond donors (Lipinski definition) is 1. The van der Waals surface area contributed by atoms with E-state index in [0.29, 0.717) is 22.9 Å². The summed E-state index contributed by atoms with van der Waals surface area (Å²) in [5, 5.41) is 3.39. The molecule has 1 aliphatic rings. The van der Waals surface area contributed by atoms with E-state index in [2.05, 4.69) is 21.2 Å². The van der Waals surface area contributed by atoms with Crippen molar-refractivity contribution in [1.29, 1.82) is 0 Å². The third-order valence-corrected chi connectivity index (χ3v) is 3.16. The van der Waals surface area contributed by atoms with Gasteiger partial charge in [-0.3, -0.25) is 0 Å². The summed E-state index contributed by atoms with van der Waals surface area (Å²) in [5.41, 5.74) is 0. The molecule has 0 unspecified atom stereocenters. The van der Waals surface area contributed by atoms with E-state index in [0.717, 1.165) is 13.0 Å². The largest absolute Gasteiger partial charge is 0.492 e. The maximum atomic E-state index is 13.1. The van der Waals surface area contributed by atoms with E-state index in [1.165, 1.54) is 25.0 Å². The molecule has 2 nitrogen and oxygen atoms in total. The van der Waals surface area contributed by atoms with E-state index >= 15 is 0 Å². The predicted octanol–water partition coefficient (Wildman–Crippen LogP) is 3.11. The summed E-state index contributed by atoms with van der Waals surface area (Å²) >= 11 is 3.24. The van der Waals surface area contributed by atoms with Crippen LogP contribution in [0.1, 0.15) is 19.3 Å². The third-order valence-electron chi connectivity index (χ3n) is 2.70. The molecule has 0 saturated carbocycles. The Labute approximate surface area is 103 Å².